The van der Waals surface area contributed by atoms with Crippen LogP contribution in [-0.4, -0.2) is 31.0 Å². The Morgan fingerprint density at radius 1 is 1.33 bits per heavy atom. The van der Waals surface area contributed by atoms with Gasteiger partial charge in [-0.3, -0.25) is 4.79 Å². The number of hydrogen-bond acceptors (Lipinski definition) is 3. The van der Waals surface area contributed by atoms with Crippen LogP contribution in [0.25, 0.3) is 0 Å². The molecule has 0 aromatic rings. The fraction of sp³-hybridized carbons (Fsp3) is 0.857. The van der Waals surface area contributed by atoms with Crippen LogP contribution in [0, 0.1) is 11.3 Å². The lowest BCUT2D eigenvalue weighted by Crippen LogP contribution is -2.57. The number of carbonyl (C=O) groups is 1. The molecule has 4 nitrogen and oxygen atoms in total. The standard InChI is InChI=1S/C7H10O4S/c8-6(9)5-1-7(2-5)3-12(10,11)4-7/h5H,1-4H2,(H,8,9). The summed E-state index contributed by atoms with van der Waals surface area (Å²) in [6, 6.07) is 0. The number of aliphatic carboxylic acids is 1. The van der Waals surface area contributed by atoms with E-state index in [0.717, 1.165) is 0 Å². The minimum atomic E-state index is -2.79. The maximum absolute atomic E-state index is 10.8. The molecule has 1 aliphatic carbocycles. The zero-order valence-electron chi connectivity index (χ0n) is 6.49. The van der Waals surface area contributed by atoms with Crippen LogP contribution in [0.3, 0.4) is 0 Å². The van der Waals surface area contributed by atoms with E-state index in [4.69, 9.17) is 5.11 Å². The van der Waals surface area contributed by atoms with Crippen molar-refractivity contribution in [3.63, 3.8) is 0 Å². The minimum Gasteiger partial charge on any atom is -0.481 e. The van der Waals surface area contributed by atoms with Gasteiger partial charge >= 0.3 is 5.97 Å². The van der Waals surface area contributed by atoms with Crippen LogP contribution in [-0.2, 0) is 14.6 Å². The monoisotopic (exact) mass is 190 g/mol. The van der Waals surface area contributed by atoms with Gasteiger partial charge in [0.1, 0.15) is 0 Å². The van der Waals surface area contributed by atoms with E-state index < -0.39 is 15.8 Å². The molecule has 1 spiro atoms. The smallest absolute Gasteiger partial charge is 0.306 e. The van der Waals surface area contributed by atoms with E-state index in [-0.39, 0.29) is 22.8 Å². The molecule has 0 aromatic carbocycles. The largest absolute Gasteiger partial charge is 0.481 e. The molecule has 2 rings (SSSR count). The summed E-state index contributed by atoms with van der Waals surface area (Å²) >= 11 is 0. The highest BCUT2D eigenvalue weighted by Crippen LogP contribution is 2.53. The molecule has 0 aromatic heterocycles. The Labute approximate surface area is 70.5 Å². The normalized spacial score (nSPS) is 30.7. The Kier molecular flexibility index (Phi) is 1.35. The molecule has 2 fully saturated rings. The van der Waals surface area contributed by atoms with E-state index >= 15 is 0 Å². The Bertz CT molecular complexity index is 309. The lowest BCUT2D eigenvalue weighted by Gasteiger charge is -2.51. The van der Waals surface area contributed by atoms with Gasteiger partial charge in [0.15, 0.2) is 9.84 Å². The van der Waals surface area contributed by atoms with Crippen LogP contribution in [0.4, 0.5) is 0 Å². The molecule has 0 amide bonds. The van der Waals surface area contributed by atoms with Crippen molar-refractivity contribution in [3.8, 4) is 0 Å². The average Bonchev–Trinajstić information content (AvgIpc) is 1.75. The summed E-state index contributed by atoms with van der Waals surface area (Å²) in [5, 5.41) is 8.57. The Hall–Kier alpha value is -0.580. The highest BCUT2D eigenvalue weighted by molar-refractivity contribution is 7.92. The molecular weight excluding hydrogens is 180 g/mol. The van der Waals surface area contributed by atoms with Crippen LogP contribution in [0.5, 0.6) is 0 Å². The van der Waals surface area contributed by atoms with Gasteiger partial charge in [-0.15, -0.1) is 0 Å². The summed E-state index contributed by atoms with van der Waals surface area (Å²) < 4.78 is 21.6. The van der Waals surface area contributed by atoms with Gasteiger partial charge in [-0.1, -0.05) is 0 Å². The summed E-state index contributed by atoms with van der Waals surface area (Å²) in [4.78, 5) is 10.4. The van der Waals surface area contributed by atoms with E-state index in [9.17, 15) is 13.2 Å². The van der Waals surface area contributed by atoms with E-state index in [1.807, 2.05) is 0 Å². The lowest BCUT2D eigenvalue weighted by molar-refractivity contribution is -0.149. The molecular formula is C7H10O4S. The van der Waals surface area contributed by atoms with Crippen molar-refractivity contribution in [2.75, 3.05) is 11.5 Å². The fourth-order valence-electron chi connectivity index (χ4n) is 2.29. The number of carboxylic acid groups (broad SMARTS) is 1. The van der Waals surface area contributed by atoms with E-state index in [0.29, 0.717) is 12.8 Å². The van der Waals surface area contributed by atoms with Crippen molar-refractivity contribution in [2.45, 2.75) is 12.8 Å². The molecule has 1 saturated heterocycles. The van der Waals surface area contributed by atoms with Crippen molar-refractivity contribution in [1.82, 2.24) is 0 Å². The molecule has 1 N–H and O–H groups in total. The summed E-state index contributed by atoms with van der Waals surface area (Å²) in [5.74, 6) is -0.654. The van der Waals surface area contributed by atoms with Gasteiger partial charge in [-0.05, 0) is 18.3 Å². The van der Waals surface area contributed by atoms with Gasteiger partial charge in [0.25, 0.3) is 0 Å². The highest BCUT2D eigenvalue weighted by Gasteiger charge is 2.57. The summed E-state index contributed by atoms with van der Waals surface area (Å²) in [6.07, 6.45) is 1.11. The molecule has 1 aliphatic heterocycles. The minimum absolute atomic E-state index is 0.137. The molecule has 12 heavy (non-hydrogen) atoms. The number of hydrogen-bond donors (Lipinski definition) is 1. The second-order valence-electron chi connectivity index (χ2n) is 3.98. The Balaban J connectivity index is 1.95. The summed E-state index contributed by atoms with van der Waals surface area (Å²) in [6.45, 7) is 0. The third-order valence-electron chi connectivity index (χ3n) is 2.76. The predicted molar refractivity (Wildman–Crippen MR) is 41.4 cm³/mol. The molecule has 1 saturated carbocycles. The zero-order valence-corrected chi connectivity index (χ0v) is 7.30. The van der Waals surface area contributed by atoms with Crippen molar-refractivity contribution < 1.29 is 18.3 Å². The number of carboxylic acids is 1. The van der Waals surface area contributed by atoms with Crippen molar-refractivity contribution >= 4 is 15.8 Å². The first-order valence-electron chi connectivity index (χ1n) is 3.86. The van der Waals surface area contributed by atoms with Crippen LogP contribution in [0.15, 0.2) is 0 Å². The van der Waals surface area contributed by atoms with Gasteiger partial charge in [0.05, 0.1) is 17.4 Å². The SMILES string of the molecule is O=C(O)C1CC2(C1)CS(=O)(=O)C2. The molecule has 2 aliphatic rings. The third-order valence-corrected chi connectivity index (χ3v) is 4.86. The first kappa shape index (κ1) is 8.04. The molecule has 0 bridgehead atoms. The van der Waals surface area contributed by atoms with Gasteiger partial charge in [-0.2, -0.15) is 0 Å². The van der Waals surface area contributed by atoms with Crippen LogP contribution >= 0.6 is 0 Å². The zero-order chi connectivity index (χ0) is 8.98. The molecule has 1 heterocycles. The van der Waals surface area contributed by atoms with Gasteiger partial charge < -0.3 is 5.11 Å². The van der Waals surface area contributed by atoms with Crippen molar-refractivity contribution in [1.29, 1.82) is 0 Å². The van der Waals surface area contributed by atoms with Gasteiger partial charge in [-0.25, -0.2) is 8.42 Å². The molecule has 0 radical (unpaired) electrons. The molecule has 0 unspecified atom stereocenters. The Morgan fingerprint density at radius 2 is 1.83 bits per heavy atom. The topological polar surface area (TPSA) is 71.4 Å². The second-order valence-corrected chi connectivity index (χ2v) is 6.04. The fourth-order valence-corrected chi connectivity index (χ4v) is 4.54. The van der Waals surface area contributed by atoms with Crippen LogP contribution in [0.1, 0.15) is 12.8 Å². The maximum atomic E-state index is 10.8. The van der Waals surface area contributed by atoms with E-state index in [1.165, 1.54) is 0 Å². The maximum Gasteiger partial charge on any atom is 0.306 e. The van der Waals surface area contributed by atoms with Crippen LogP contribution in [0.2, 0.25) is 0 Å². The van der Waals surface area contributed by atoms with Crippen LogP contribution < -0.4 is 0 Å². The molecule has 5 heteroatoms. The lowest BCUT2D eigenvalue weighted by atomic mass is 9.64. The highest BCUT2D eigenvalue weighted by atomic mass is 32.2. The summed E-state index contributed by atoms with van der Waals surface area (Å²) in [7, 11) is -2.79. The first-order valence-corrected chi connectivity index (χ1v) is 5.68. The van der Waals surface area contributed by atoms with Crippen molar-refractivity contribution in [2.24, 2.45) is 11.3 Å². The van der Waals surface area contributed by atoms with Crippen molar-refractivity contribution in [3.05, 3.63) is 0 Å². The quantitative estimate of drug-likeness (QED) is 0.626. The number of rotatable bonds is 1. The third kappa shape index (κ3) is 1.03. The van der Waals surface area contributed by atoms with E-state index in [1.54, 1.807) is 0 Å². The number of sulfone groups is 1. The summed E-state index contributed by atoms with van der Waals surface area (Å²) in [5.41, 5.74) is -0.137. The molecule has 0 atom stereocenters. The average molecular weight is 190 g/mol. The first-order chi connectivity index (χ1) is 5.43. The van der Waals surface area contributed by atoms with Gasteiger partial charge in [0.2, 0.25) is 0 Å². The second kappa shape index (κ2) is 2.02. The Morgan fingerprint density at radius 3 is 2.17 bits per heavy atom. The predicted octanol–water partition coefficient (Wildman–Crippen LogP) is -0.104. The molecule has 68 valence electrons. The van der Waals surface area contributed by atoms with Gasteiger partial charge in [0, 0.05) is 0 Å². The van der Waals surface area contributed by atoms with E-state index in [2.05, 4.69) is 0 Å².